The van der Waals surface area contributed by atoms with Crippen molar-refractivity contribution in [3.8, 4) is 56.4 Å². The van der Waals surface area contributed by atoms with Crippen LogP contribution < -0.4 is 0 Å². The molecule has 6 aromatic carbocycles. The van der Waals surface area contributed by atoms with Gasteiger partial charge in [0.05, 0.1) is 5.52 Å². The summed E-state index contributed by atoms with van der Waals surface area (Å²) in [4.78, 5) is 20.4. The Morgan fingerprint density at radius 3 is 2.06 bits per heavy atom. The maximum atomic E-state index is 6.26. The summed E-state index contributed by atoms with van der Waals surface area (Å²) in [6, 6.07) is 44.3. The van der Waals surface area contributed by atoms with E-state index in [0.717, 1.165) is 49.7 Å². The van der Waals surface area contributed by atoms with Gasteiger partial charge in [0, 0.05) is 59.2 Å². The van der Waals surface area contributed by atoms with Gasteiger partial charge in [-0.3, -0.25) is 4.98 Å². The molecular weight excluding hydrogens is 609 g/mol. The van der Waals surface area contributed by atoms with Gasteiger partial charge >= 0.3 is 0 Å². The number of fused-ring (bicyclic) bond motifs is 9. The van der Waals surface area contributed by atoms with E-state index in [0.29, 0.717) is 17.5 Å². The van der Waals surface area contributed by atoms with Crippen molar-refractivity contribution in [2.24, 2.45) is 0 Å². The van der Waals surface area contributed by atoms with Gasteiger partial charge in [0.15, 0.2) is 17.5 Å². The molecule has 0 saturated carbocycles. The number of thiophene rings is 1. The molecule has 222 valence electrons. The second-order valence-electron chi connectivity index (χ2n) is 12.2. The second kappa shape index (κ2) is 9.64. The molecule has 5 nitrogen and oxygen atoms in total. The Kier molecular flexibility index (Phi) is 5.20. The van der Waals surface area contributed by atoms with E-state index in [1.807, 2.05) is 36.5 Å². The van der Waals surface area contributed by atoms with E-state index in [1.54, 1.807) is 11.3 Å². The lowest BCUT2D eigenvalue weighted by atomic mass is 10.0. The Bertz CT molecular complexity index is 2980. The summed E-state index contributed by atoms with van der Waals surface area (Å²) in [6.07, 6.45) is 1.89. The normalized spacial score (nSPS) is 12.2. The molecule has 0 amide bonds. The van der Waals surface area contributed by atoms with Crippen LogP contribution in [0.25, 0.3) is 109 Å². The largest absolute Gasteiger partial charge is 0.456 e. The maximum absolute atomic E-state index is 6.26. The van der Waals surface area contributed by atoms with E-state index in [-0.39, 0.29) is 0 Å². The summed E-state index contributed by atoms with van der Waals surface area (Å²) in [5, 5.41) is 5.70. The first-order valence-electron chi connectivity index (χ1n) is 15.9. The zero-order chi connectivity index (χ0) is 31.3. The third-order valence-electron chi connectivity index (χ3n) is 9.52. The number of rotatable bonds is 3. The minimum atomic E-state index is 0.599. The number of pyridine rings is 1. The lowest BCUT2D eigenvalue weighted by Gasteiger charge is -2.11. The van der Waals surface area contributed by atoms with Crippen LogP contribution in [0.4, 0.5) is 0 Å². The number of benzene rings is 6. The van der Waals surface area contributed by atoms with Gasteiger partial charge in [0.2, 0.25) is 0 Å². The zero-order valence-corrected chi connectivity index (χ0v) is 26.1. The summed E-state index contributed by atoms with van der Waals surface area (Å²) in [5.41, 5.74) is 10.1. The van der Waals surface area contributed by atoms with E-state index in [4.69, 9.17) is 24.4 Å². The summed E-state index contributed by atoms with van der Waals surface area (Å²) >= 11 is 1.79. The Balaban J connectivity index is 1.19. The molecule has 48 heavy (non-hydrogen) atoms. The average molecular weight is 631 g/mol. The molecule has 0 N–H and O–H groups in total. The molecule has 1 aliphatic rings. The van der Waals surface area contributed by atoms with Crippen molar-refractivity contribution in [1.29, 1.82) is 0 Å². The number of hydrogen-bond acceptors (Lipinski definition) is 6. The van der Waals surface area contributed by atoms with Crippen molar-refractivity contribution in [2.45, 2.75) is 0 Å². The van der Waals surface area contributed by atoms with Crippen molar-refractivity contribution >= 4 is 64.4 Å². The first-order chi connectivity index (χ1) is 23.8. The first kappa shape index (κ1) is 25.9. The number of hydrogen-bond donors (Lipinski definition) is 0. The van der Waals surface area contributed by atoms with Crippen molar-refractivity contribution in [2.75, 3.05) is 0 Å². The van der Waals surface area contributed by atoms with E-state index < -0.39 is 0 Å². The third kappa shape index (κ3) is 3.66. The van der Waals surface area contributed by atoms with E-state index in [2.05, 4.69) is 97.1 Å². The predicted octanol–water partition coefficient (Wildman–Crippen LogP) is 11.3. The first-order valence-corrected chi connectivity index (χ1v) is 16.7. The fourth-order valence-electron chi connectivity index (χ4n) is 7.39. The van der Waals surface area contributed by atoms with Crippen LogP contribution in [0.1, 0.15) is 0 Å². The lowest BCUT2D eigenvalue weighted by Crippen LogP contribution is -2.00. The van der Waals surface area contributed by atoms with Gasteiger partial charge in [-0.1, -0.05) is 84.9 Å². The average Bonchev–Trinajstić information content (AvgIpc) is 3.82. The van der Waals surface area contributed by atoms with E-state index in [9.17, 15) is 0 Å². The number of para-hydroxylation sites is 1. The number of furan rings is 1. The molecule has 4 heterocycles. The molecule has 1 aliphatic carbocycles. The van der Waals surface area contributed by atoms with Crippen LogP contribution in [-0.2, 0) is 0 Å². The van der Waals surface area contributed by atoms with Crippen molar-refractivity contribution in [1.82, 2.24) is 19.9 Å². The standard InChI is InChI=1S/C42H22N4OS/c1-2-9-26-25(8-1)29-18-19-43-33-21-24(20-32(26)38(29)33)41-44-40(23-16-17-28-27-10-4-6-15-36(27)48-37(28)22-23)45-42(46-41)31-12-7-14-35-39(31)30-11-3-5-13-34(30)47-35/h1-22H. The van der Waals surface area contributed by atoms with Gasteiger partial charge in [-0.2, -0.15) is 0 Å². The molecule has 4 aromatic heterocycles. The smallest absolute Gasteiger partial charge is 0.164 e. The molecule has 0 saturated heterocycles. The van der Waals surface area contributed by atoms with Crippen molar-refractivity contribution in [3.05, 3.63) is 134 Å². The Morgan fingerprint density at radius 2 is 1.15 bits per heavy atom. The highest BCUT2D eigenvalue weighted by molar-refractivity contribution is 7.25. The van der Waals surface area contributed by atoms with Crippen LogP contribution in [0.2, 0.25) is 0 Å². The molecule has 6 heteroatoms. The SMILES string of the molecule is c1ccc2c(c1)-c1ccnc3cc(-c4nc(-c5ccc6c(c5)sc5ccccc56)nc(-c5cccc6oc7ccccc7c56)n4)cc-2c13. The fourth-order valence-corrected chi connectivity index (χ4v) is 8.53. The zero-order valence-electron chi connectivity index (χ0n) is 25.3. The van der Waals surface area contributed by atoms with Gasteiger partial charge in [-0.25, -0.2) is 15.0 Å². The maximum Gasteiger partial charge on any atom is 0.164 e. The topological polar surface area (TPSA) is 64.7 Å². The molecule has 0 atom stereocenters. The Labute approximate surface area is 277 Å². The van der Waals surface area contributed by atoms with Crippen LogP contribution in [0, 0.1) is 0 Å². The number of nitrogens with zero attached hydrogens (tertiary/aromatic N) is 4. The van der Waals surface area contributed by atoms with E-state index >= 15 is 0 Å². The molecule has 10 aromatic rings. The summed E-state index contributed by atoms with van der Waals surface area (Å²) < 4.78 is 8.73. The van der Waals surface area contributed by atoms with Crippen LogP contribution in [0.5, 0.6) is 0 Å². The molecule has 0 unspecified atom stereocenters. The summed E-state index contributed by atoms with van der Waals surface area (Å²) in [6.45, 7) is 0. The number of aromatic nitrogens is 4. The predicted molar refractivity (Wildman–Crippen MR) is 196 cm³/mol. The molecule has 0 aliphatic heterocycles. The fraction of sp³-hybridized carbons (Fsp3) is 0. The Hall–Kier alpha value is -6.24. The van der Waals surface area contributed by atoms with Gasteiger partial charge in [0.25, 0.3) is 0 Å². The minimum Gasteiger partial charge on any atom is -0.456 e. The molecule has 0 spiro atoms. The molecule has 0 fully saturated rings. The molecule has 0 radical (unpaired) electrons. The van der Waals surface area contributed by atoms with E-state index in [1.165, 1.54) is 42.2 Å². The second-order valence-corrected chi connectivity index (χ2v) is 13.3. The van der Waals surface area contributed by atoms with Crippen LogP contribution in [0.3, 0.4) is 0 Å². The van der Waals surface area contributed by atoms with Crippen molar-refractivity contribution in [3.63, 3.8) is 0 Å². The van der Waals surface area contributed by atoms with Crippen LogP contribution in [-0.4, -0.2) is 19.9 Å². The highest BCUT2D eigenvalue weighted by Crippen LogP contribution is 2.48. The minimum absolute atomic E-state index is 0.599. The highest BCUT2D eigenvalue weighted by Gasteiger charge is 2.24. The van der Waals surface area contributed by atoms with Gasteiger partial charge < -0.3 is 4.42 Å². The third-order valence-corrected chi connectivity index (χ3v) is 10.7. The quantitative estimate of drug-likeness (QED) is 0.194. The molecule has 0 bridgehead atoms. The van der Waals surface area contributed by atoms with Gasteiger partial charge in [-0.15, -0.1) is 11.3 Å². The summed E-state index contributed by atoms with van der Waals surface area (Å²) in [5.74, 6) is 1.82. The lowest BCUT2D eigenvalue weighted by molar-refractivity contribution is 0.669. The monoisotopic (exact) mass is 630 g/mol. The Morgan fingerprint density at radius 1 is 0.438 bits per heavy atom. The van der Waals surface area contributed by atoms with Gasteiger partial charge in [0.1, 0.15) is 11.2 Å². The highest BCUT2D eigenvalue weighted by atomic mass is 32.1. The van der Waals surface area contributed by atoms with Crippen LogP contribution >= 0.6 is 11.3 Å². The molecule has 11 rings (SSSR count). The van der Waals surface area contributed by atoms with Crippen molar-refractivity contribution < 1.29 is 4.42 Å². The molecular formula is C42H22N4OS. The van der Waals surface area contributed by atoms with Gasteiger partial charge in [-0.05, 0) is 64.7 Å². The van der Waals surface area contributed by atoms with Crippen LogP contribution in [0.15, 0.2) is 138 Å². The summed E-state index contributed by atoms with van der Waals surface area (Å²) in [7, 11) is 0.